The van der Waals surface area contributed by atoms with Gasteiger partial charge in [0.2, 0.25) is 5.67 Å². The smallest absolute Gasteiger partial charge is 0.341 e. The van der Waals surface area contributed by atoms with Gasteiger partial charge in [-0.1, -0.05) is 53.9 Å². The third-order valence-electron chi connectivity index (χ3n) is 4.17. The van der Waals surface area contributed by atoms with E-state index in [0.717, 1.165) is 19.3 Å². The quantitative estimate of drug-likeness (QED) is 0.687. The van der Waals surface area contributed by atoms with Crippen molar-refractivity contribution in [1.29, 1.82) is 0 Å². The van der Waals surface area contributed by atoms with E-state index in [1.807, 2.05) is 34.6 Å². The molecular formula is C14H27FO2. The van der Waals surface area contributed by atoms with Crippen LogP contribution < -0.4 is 0 Å². The first-order valence-electron chi connectivity index (χ1n) is 6.65. The van der Waals surface area contributed by atoms with Crippen molar-refractivity contribution >= 4 is 5.97 Å². The molecule has 0 heterocycles. The summed E-state index contributed by atoms with van der Waals surface area (Å²) in [5.41, 5.74) is -2.29. The first-order chi connectivity index (χ1) is 7.73. The summed E-state index contributed by atoms with van der Waals surface area (Å²) in [6.07, 6.45) is 2.67. The van der Waals surface area contributed by atoms with Crippen molar-refractivity contribution in [2.75, 3.05) is 0 Å². The minimum atomic E-state index is -2.07. The molecule has 0 rings (SSSR count). The summed E-state index contributed by atoms with van der Waals surface area (Å²) < 4.78 is 14.6. The van der Waals surface area contributed by atoms with E-state index in [4.69, 9.17) is 5.11 Å². The third kappa shape index (κ3) is 4.64. The summed E-state index contributed by atoms with van der Waals surface area (Å²) in [6, 6.07) is 0. The predicted octanol–water partition coefficient (Wildman–Crippen LogP) is 4.43. The van der Waals surface area contributed by atoms with E-state index in [1.165, 1.54) is 0 Å². The number of carbonyl (C=O) groups is 1. The molecule has 2 atom stereocenters. The molecule has 0 amide bonds. The van der Waals surface area contributed by atoms with Gasteiger partial charge < -0.3 is 5.11 Å². The van der Waals surface area contributed by atoms with Gasteiger partial charge >= 0.3 is 5.97 Å². The fourth-order valence-electron chi connectivity index (χ4n) is 2.11. The second-order valence-corrected chi connectivity index (χ2v) is 5.68. The Hall–Kier alpha value is -0.600. The second kappa shape index (κ2) is 6.36. The Morgan fingerprint density at radius 1 is 1.29 bits per heavy atom. The summed E-state index contributed by atoms with van der Waals surface area (Å²) in [5, 5.41) is 9.16. The minimum Gasteiger partial charge on any atom is -0.479 e. The van der Waals surface area contributed by atoms with Gasteiger partial charge in [-0.2, -0.15) is 0 Å². The molecule has 0 aromatic carbocycles. The largest absolute Gasteiger partial charge is 0.479 e. The minimum absolute atomic E-state index is 0.106. The maximum absolute atomic E-state index is 14.6. The van der Waals surface area contributed by atoms with Crippen LogP contribution in [0.25, 0.3) is 0 Å². The number of carboxylic acid groups (broad SMARTS) is 1. The van der Waals surface area contributed by atoms with Crippen molar-refractivity contribution in [3.8, 4) is 0 Å². The number of hydrogen-bond acceptors (Lipinski definition) is 1. The number of hydrogen-bond donors (Lipinski definition) is 1. The Bertz CT molecular complexity index is 249. The third-order valence-corrected chi connectivity index (χ3v) is 4.17. The number of rotatable bonds is 8. The molecule has 0 aliphatic carbocycles. The first kappa shape index (κ1) is 16.4. The van der Waals surface area contributed by atoms with Crippen LogP contribution >= 0.6 is 0 Å². The summed E-state index contributed by atoms with van der Waals surface area (Å²) >= 11 is 0. The molecule has 0 aliphatic rings. The van der Waals surface area contributed by atoms with Crippen molar-refractivity contribution in [2.45, 2.75) is 72.4 Å². The van der Waals surface area contributed by atoms with E-state index in [9.17, 15) is 9.18 Å². The van der Waals surface area contributed by atoms with Gasteiger partial charge in [0.05, 0.1) is 0 Å². The number of carboxylic acids is 1. The zero-order valence-electron chi connectivity index (χ0n) is 11.8. The molecule has 0 saturated carbocycles. The highest BCUT2D eigenvalue weighted by molar-refractivity contribution is 5.77. The van der Waals surface area contributed by atoms with Gasteiger partial charge in [0, 0.05) is 0 Å². The highest BCUT2D eigenvalue weighted by atomic mass is 19.1. The molecule has 17 heavy (non-hydrogen) atoms. The van der Waals surface area contributed by atoms with E-state index < -0.39 is 11.6 Å². The lowest BCUT2D eigenvalue weighted by molar-refractivity contribution is -0.155. The van der Waals surface area contributed by atoms with Gasteiger partial charge in [-0.05, 0) is 24.2 Å². The van der Waals surface area contributed by atoms with Crippen molar-refractivity contribution in [2.24, 2.45) is 11.3 Å². The predicted molar refractivity (Wildman–Crippen MR) is 68.9 cm³/mol. The molecule has 0 aromatic heterocycles. The highest BCUT2D eigenvalue weighted by Crippen LogP contribution is 2.40. The summed E-state index contributed by atoms with van der Waals surface area (Å²) in [4.78, 5) is 11.2. The van der Waals surface area contributed by atoms with Gasteiger partial charge in [0.15, 0.2) is 0 Å². The van der Waals surface area contributed by atoms with Crippen molar-refractivity contribution in [3.05, 3.63) is 0 Å². The fraction of sp³-hybridized carbons (Fsp3) is 0.929. The summed E-state index contributed by atoms with van der Waals surface area (Å²) in [7, 11) is 0. The second-order valence-electron chi connectivity index (χ2n) is 5.68. The zero-order chi connectivity index (χ0) is 13.7. The maximum atomic E-state index is 14.6. The fourth-order valence-corrected chi connectivity index (χ4v) is 2.11. The lowest BCUT2D eigenvalue weighted by Gasteiger charge is -2.34. The monoisotopic (exact) mass is 246 g/mol. The molecule has 1 N–H and O–H groups in total. The molecule has 3 heteroatoms. The van der Waals surface area contributed by atoms with Crippen LogP contribution in [0, 0.1) is 11.3 Å². The molecule has 0 spiro atoms. The maximum Gasteiger partial charge on any atom is 0.341 e. The normalized spacial score (nSPS) is 17.5. The molecule has 2 nitrogen and oxygen atoms in total. The van der Waals surface area contributed by atoms with Crippen molar-refractivity contribution < 1.29 is 14.3 Å². The summed E-state index contributed by atoms with van der Waals surface area (Å²) in [5.74, 6) is -1.19. The lowest BCUT2D eigenvalue weighted by atomic mass is 9.73. The van der Waals surface area contributed by atoms with Crippen LogP contribution in [0.5, 0.6) is 0 Å². The molecule has 0 radical (unpaired) electrons. The van der Waals surface area contributed by atoms with Gasteiger partial charge in [0.1, 0.15) is 0 Å². The molecule has 0 saturated heterocycles. The Labute approximate surface area is 105 Å². The van der Waals surface area contributed by atoms with Gasteiger partial charge in [0.25, 0.3) is 0 Å². The lowest BCUT2D eigenvalue weighted by Crippen LogP contribution is -2.40. The van der Waals surface area contributed by atoms with Crippen LogP contribution in [0.4, 0.5) is 4.39 Å². The molecule has 0 fully saturated rings. The van der Waals surface area contributed by atoms with Crippen LogP contribution in [0.15, 0.2) is 0 Å². The Morgan fingerprint density at radius 3 is 2.06 bits per heavy atom. The average Bonchev–Trinajstić information content (AvgIpc) is 2.28. The van der Waals surface area contributed by atoms with Gasteiger partial charge in [-0.15, -0.1) is 0 Å². The molecule has 2 unspecified atom stereocenters. The molecular weight excluding hydrogens is 219 g/mol. The van der Waals surface area contributed by atoms with E-state index in [-0.39, 0.29) is 24.2 Å². The molecule has 102 valence electrons. The Morgan fingerprint density at radius 2 is 1.76 bits per heavy atom. The van der Waals surface area contributed by atoms with Crippen LogP contribution in [-0.2, 0) is 4.79 Å². The molecule has 0 bridgehead atoms. The van der Waals surface area contributed by atoms with E-state index >= 15 is 0 Å². The van der Waals surface area contributed by atoms with Crippen LogP contribution in [-0.4, -0.2) is 16.7 Å². The summed E-state index contributed by atoms with van der Waals surface area (Å²) in [6.45, 7) is 9.84. The SMILES string of the molecule is CCC(C)CC(F)(CC(C)(CC)CC)C(=O)O. The van der Waals surface area contributed by atoms with Crippen LogP contribution in [0.3, 0.4) is 0 Å². The number of halogens is 1. The zero-order valence-corrected chi connectivity index (χ0v) is 11.8. The van der Waals surface area contributed by atoms with E-state index in [2.05, 4.69) is 0 Å². The first-order valence-corrected chi connectivity index (χ1v) is 6.65. The van der Waals surface area contributed by atoms with Gasteiger partial charge in [-0.25, -0.2) is 9.18 Å². The Balaban J connectivity index is 4.90. The van der Waals surface area contributed by atoms with Gasteiger partial charge in [-0.3, -0.25) is 0 Å². The van der Waals surface area contributed by atoms with Crippen LogP contribution in [0.2, 0.25) is 0 Å². The van der Waals surface area contributed by atoms with E-state index in [1.54, 1.807) is 0 Å². The van der Waals surface area contributed by atoms with E-state index in [0.29, 0.717) is 0 Å². The standard InChI is InChI=1S/C14H27FO2/c1-6-11(4)9-14(15,12(16)17)10-13(5,7-2)8-3/h11H,6-10H2,1-5H3,(H,16,17). The highest BCUT2D eigenvalue weighted by Gasteiger charge is 2.44. The van der Waals surface area contributed by atoms with Crippen LogP contribution in [0.1, 0.15) is 66.7 Å². The van der Waals surface area contributed by atoms with Crippen molar-refractivity contribution in [1.82, 2.24) is 0 Å². The number of alkyl halides is 1. The van der Waals surface area contributed by atoms with Crippen molar-refractivity contribution in [3.63, 3.8) is 0 Å². The molecule has 0 aromatic rings. The Kier molecular flexibility index (Phi) is 6.14. The topological polar surface area (TPSA) is 37.3 Å². The number of aliphatic carboxylic acids is 1. The molecule has 0 aliphatic heterocycles. The average molecular weight is 246 g/mol.